The molecule has 0 atom stereocenters. The highest BCUT2D eigenvalue weighted by atomic mass is 32.2. The largest absolute Gasteiger partial charge is 0.356 e. The van der Waals surface area contributed by atoms with E-state index in [1.807, 2.05) is 49.4 Å². The van der Waals surface area contributed by atoms with Crippen LogP contribution in [0, 0.1) is 6.92 Å². The Morgan fingerprint density at radius 3 is 2.44 bits per heavy atom. The van der Waals surface area contributed by atoms with Crippen LogP contribution in [0.3, 0.4) is 0 Å². The number of carbonyl (C=O) groups is 1. The zero-order valence-corrected chi connectivity index (χ0v) is 21.3. The van der Waals surface area contributed by atoms with Gasteiger partial charge in [-0.2, -0.15) is 0 Å². The molecule has 8 heteroatoms. The number of fused-ring (bicyclic) bond motifs is 1. The van der Waals surface area contributed by atoms with Gasteiger partial charge in [0.15, 0.2) is 0 Å². The molecule has 34 heavy (non-hydrogen) atoms. The summed E-state index contributed by atoms with van der Waals surface area (Å²) in [5, 5.41) is 0. The van der Waals surface area contributed by atoms with Crippen molar-refractivity contribution in [2.45, 2.75) is 40.2 Å². The van der Waals surface area contributed by atoms with Crippen molar-refractivity contribution in [2.75, 3.05) is 18.0 Å². The van der Waals surface area contributed by atoms with E-state index in [2.05, 4.69) is 18.7 Å². The van der Waals surface area contributed by atoms with Crippen LogP contribution in [0.4, 0.5) is 5.82 Å². The molecular formula is C26H28N4O2S2. The minimum Gasteiger partial charge on any atom is -0.356 e. The Bertz CT molecular complexity index is 1310. The third-order valence-electron chi connectivity index (χ3n) is 5.68. The zero-order chi connectivity index (χ0) is 24.2. The molecule has 0 N–H and O–H groups in total. The van der Waals surface area contributed by atoms with Crippen LogP contribution in [0.15, 0.2) is 58.4 Å². The van der Waals surface area contributed by atoms with E-state index in [9.17, 15) is 9.59 Å². The lowest BCUT2D eigenvalue weighted by atomic mass is 10.2. The highest BCUT2D eigenvalue weighted by molar-refractivity contribution is 8.26. The molecule has 4 rings (SSSR count). The number of rotatable bonds is 8. The number of hydrogen-bond acceptors (Lipinski definition) is 6. The summed E-state index contributed by atoms with van der Waals surface area (Å²) >= 11 is 6.76. The summed E-state index contributed by atoms with van der Waals surface area (Å²) in [6, 6.07) is 13.5. The number of aromatic nitrogens is 2. The van der Waals surface area contributed by atoms with Gasteiger partial charge in [0.2, 0.25) is 0 Å². The second-order valence-corrected chi connectivity index (χ2v) is 9.96. The van der Waals surface area contributed by atoms with Crippen molar-refractivity contribution in [3.63, 3.8) is 0 Å². The van der Waals surface area contributed by atoms with Crippen molar-refractivity contribution in [3.05, 3.63) is 80.6 Å². The van der Waals surface area contributed by atoms with Gasteiger partial charge in [0.1, 0.15) is 15.8 Å². The summed E-state index contributed by atoms with van der Waals surface area (Å²) in [5.74, 6) is 0.437. The van der Waals surface area contributed by atoms with E-state index in [-0.39, 0.29) is 11.5 Å². The molecule has 1 amide bonds. The van der Waals surface area contributed by atoms with Gasteiger partial charge < -0.3 is 4.90 Å². The smallest absolute Gasteiger partial charge is 0.267 e. The lowest BCUT2D eigenvalue weighted by molar-refractivity contribution is -0.122. The summed E-state index contributed by atoms with van der Waals surface area (Å²) in [5.41, 5.74) is 2.79. The first-order valence-electron chi connectivity index (χ1n) is 11.5. The molecule has 1 aliphatic rings. The van der Waals surface area contributed by atoms with Gasteiger partial charge in [-0.25, -0.2) is 4.98 Å². The Balaban J connectivity index is 1.82. The van der Waals surface area contributed by atoms with Crippen LogP contribution in [0.25, 0.3) is 11.7 Å². The number of carbonyl (C=O) groups excluding carboxylic acids is 1. The molecule has 176 valence electrons. The second-order valence-electron chi connectivity index (χ2n) is 8.28. The monoisotopic (exact) mass is 492 g/mol. The fourth-order valence-electron chi connectivity index (χ4n) is 4.06. The molecule has 0 bridgehead atoms. The Morgan fingerprint density at radius 1 is 1.06 bits per heavy atom. The van der Waals surface area contributed by atoms with Gasteiger partial charge in [0.25, 0.3) is 11.5 Å². The molecule has 1 aromatic carbocycles. The number of nitrogens with zero attached hydrogens (tertiary/aromatic N) is 4. The predicted molar refractivity (Wildman–Crippen MR) is 144 cm³/mol. The topological polar surface area (TPSA) is 57.9 Å². The van der Waals surface area contributed by atoms with E-state index < -0.39 is 0 Å². The average molecular weight is 493 g/mol. The number of benzene rings is 1. The van der Waals surface area contributed by atoms with E-state index in [4.69, 9.17) is 17.2 Å². The Morgan fingerprint density at radius 2 is 1.76 bits per heavy atom. The summed E-state index contributed by atoms with van der Waals surface area (Å²) in [4.78, 5) is 36.0. The molecule has 2 aromatic heterocycles. The van der Waals surface area contributed by atoms with Gasteiger partial charge in [0.05, 0.1) is 17.0 Å². The maximum Gasteiger partial charge on any atom is 0.267 e. The fraction of sp³-hybridized carbons (Fsp3) is 0.308. The lowest BCUT2D eigenvalue weighted by Gasteiger charge is -2.25. The molecule has 0 spiro atoms. The molecule has 6 nitrogen and oxygen atoms in total. The number of thioether (sulfide) groups is 1. The molecule has 0 radical (unpaired) electrons. The minimum atomic E-state index is -0.186. The third-order valence-corrected chi connectivity index (χ3v) is 7.06. The summed E-state index contributed by atoms with van der Waals surface area (Å²) in [6.45, 7) is 8.12. The molecule has 3 aromatic rings. The first kappa shape index (κ1) is 24.2. The first-order chi connectivity index (χ1) is 16.4. The summed E-state index contributed by atoms with van der Waals surface area (Å²) in [7, 11) is 0. The van der Waals surface area contributed by atoms with Crippen molar-refractivity contribution in [2.24, 2.45) is 0 Å². The molecule has 1 aliphatic heterocycles. The summed E-state index contributed by atoms with van der Waals surface area (Å²) in [6.07, 6.45) is 5.26. The van der Waals surface area contributed by atoms with Crippen molar-refractivity contribution < 1.29 is 4.79 Å². The molecule has 1 saturated heterocycles. The SMILES string of the molecule is CCCN(CCC)c1nc2c(C)cccn2c(=O)c1C=C1SC(=S)N(Cc2ccccc2)C1=O. The van der Waals surface area contributed by atoms with Crippen molar-refractivity contribution in [1.29, 1.82) is 0 Å². The molecule has 1 fully saturated rings. The molecule has 0 unspecified atom stereocenters. The van der Waals surface area contributed by atoms with E-state index >= 15 is 0 Å². The van der Waals surface area contributed by atoms with Crippen LogP contribution in [-0.2, 0) is 11.3 Å². The second kappa shape index (κ2) is 10.5. The fourth-order valence-corrected chi connectivity index (χ4v) is 5.30. The average Bonchev–Trinajstić information content (AvgIpc) is 3.09. The van der Waals surface area contributed by atoms with Gasteiger partial charge in [-0.05, 0) is 43.0 Å². The Labute approximate surface area is 209 Å². The number of aryl methyl sites for hydroxylation is 1. The number of thiocarbonyl (C=S) groups is 1. The van der Waals surface area contributed by atoms with Gasteiger partial charge in [-0.15, -0.1) is 0 Å². The number of hydrogen-bond donors (Lipinski definition) is 0. The first-order valence-corrected chi connectivity index (χ1v) is 12.7. The van der Waals surface area contributed by atoms with Crippen molar-refractivity contribution >= 4 is 51.7 Å². The molecule has 0 saturated carbocycles. The zero-order valence-electron chi connectivity index (χ0n) is 19.7. The molecular weight excluding hydrogens is 464 g/mol. The van der Waals surface area contributed by atoms with Crippen LogP contribution >= 0.6 is 24.0 Å². The standard InChI is InChI=1S/C26H28N4O2S2/c1-4-13-28(14-5-2)23-20(24(31)29-15-9-10-18(3)22(29)27-23)16-21-25(32)30(26(33)34-21)17-19-11-7-6-8-12-19/h6-12,15-16H,4-5,13-14,17H2,1-3H3. The van der Waals surface area contributed by atoms with E-state index in [1.54, 1.807) is 21.6 Å². The number of pyridine rings is 1. The summed E-state index contributed by atoms with van der Waals surface area (Å²) < 4.78 is 2.05. The van der Waals surface area contributed by atoms with Crippen molar-refractivity contribution in [1.82, 2.24) is 14.3 Å². The van der Waals surface area contributed by atoms with Crippen molar-refractivity contribution in [3.8, 4) is 0 Å². The quantitative estimate of drug-likeness (QED) is 0.325. The number of amides is 1. The Kier molecular flexibility index (Phi) is 7.48. The van der Waals surface area contributed by atoms with Gasteiger partial charge in [-0.3, -0.25) is 18.9 Å². The van der Waals surface area contributed by atoms with Crippen LogP contribution < -0.4 is 10.5 Å². The van der Waals surface area contributed by atoms with Gasteiger partial charge in [0, 0.05) is 19.3 Å². The van der Waals surface area contributed by atoms with E-state index in [0.717, 1.165) is 37.1 Å². The van der Waals surface area contributed by atoms with Crippen LogP contribution in [0.2, 0.25) is 0 Å². The highest BCUT2D eigenvalue weighted by Crippen LogP contribution is 2.34. The minimum absolute atomic E-state index is 0.184. The highest BCUT2D eigenvalue weighted by Gasteiger charge is 2.33. The Hall–Kier alpha value is -2.97. The van der Waals surface area contributed by atoms with Gasteiger partial charge in [-0.1, -0.05) is 74.2 Å². The molecule has 0 aliphatic carbocycles. The normalized spacial score (nSPS) is 15.0. The van der Waals surface area contributed by atoms with E-state index in [1.165, 1.54) is 11.8 Å². The van der Waals surface area contributed by atoms with Crippen LogP contribution in [0.1, 0.15) is 43.4 Å². The maximum absolute atomic E-state index is 13.6. The van der Waals surface area contributed by atoms with E-state index in [0.29, 0.717) is 32.8 Å². The van der Waals surface area contributed by atoms with Gasteiger partial charge >= 0.3 is 0 Å². The third kappa shape index (κ3) is 4.79. The lowest BCUT2D eigenvalue weighted by Crippen LogP contribution is -2.31. The van der Waals surface area contributed by atoms with Crippen LogP contribution in [-0.4, -0.2) is 37.6 Å². The predicted octanol–water partition coefficient (Wildman–Crippen LogP) is 5.03. The van der Waals surface area contributed by atoms with Crippen LogP contribution in [0.5, 0.6) is 0 Å². The maximum atomic E-state index is 13.6. The number of anilines is 1. The molecule has 3 heterocycles.